The molecule has 0 amide bonds. The zero-order chi connectivity index (χ0) is 28.1. The van der Waals surface area contributed by atoms with Crippen molar-refractivity contribution < 1.29 is 18.6 Å². The lowest BCUT2D eigenvalue weighted by atomic mass is 9.88. The molecule has 0 N–H and O–H groups in total. The van der Waals surface area contributed by atoms with Crippen LogP contribution in [-0.4, -0.2) is 51.0 Å². The Morgan fingerprint density at radius 2 is 1.90 bits per heavy atom. The first-order valence-corrected chi connectivity index (χ1v) is 14.8. The SMILES string of the molecule is CC1(c2ccc(Cl)cc2F)Oc2cccc(C3CCN(Cc4nc5cc(Cl)nnc5n4CC4CCOC4)CC3)c2O1. The highest BCUT2D eigenvalue weighted by molar-refractivity contribution is 6.30. The molecule has 7 rings (SSSR count). The Morgan fingerprint density at radius 1 is 1.05 bits per heavy atom. The number of halogens is 3. The topological polar surface area (TPSA) is 74.5 Å². The normalized spacial score (nSPS) is 23.1. The van der Waals surface area contributed by atoms with E-state index in [0.29, 0.717) is 45.6 Å². The van der Waals surface area contributed by atoms with Crippen LogP contribution < -0.4 is 9.47 Å². The molecule has 214 valence electrons. The number of hydrogen-bond acceptors (Lipinski definition) is 7. The summed E-state index contributed by atoms with van der Waals surface area (Å²) in [7, 11) is 0. The minimum absolute atomic E-state index is 0.293. The van der Waals surface area contributed by atoms with Crippen LogP contribution in [0.1, 0.15) is 49.1 Å². The minimum Gasteiger partial charge on any atom is -0.444 e. The Balaban J connectivity index is 1.07. The van der Waals surface area contributed by atoms with E-state index in [2.05, 4.69) is 25.7 Å². The molecule has 3 aliphatic heterocycles. The van der Waals surface area contributed by atoms with Crippen LogP contribution in [-0.2, 0) is 23.6 Å². The third kappa shape index (κ3) is 5.14. The second kappa shape index (κ2) is 10.7. The van der Waals surface area contributed by atoms with Gasteiger partial charge in [0.05, 0.1) is 18.7 Å². The first-order chi connectivity index (χ1) is 19.9. The third-order valence-corrected chi connectivity index (χ3v) is 8.85. The van der Waals surface area contributed by atoms with Gasteiger partial charge in [-0.3, -0.25) is 4.90 Å². The number of aromatic nitrogens is 4. The van der Waals surface area contributed by atoms with E-state index in [-0.39, 0.29) is 0 Å². The molecule has 2 saturated heterocycles. The molecule has 3 aliphatic rings. The van der Waals surface area contributed by atoms with Crippen molar-refractivity contribution in [3.8, 4) is 11.5 Å². The van der Waals surface area contributed by atoms with E-state index < -0.39 is 11.6 Å². The molecule has 4 aromatic rings. The van der Waals surface area contributed by atoms with Gasteiger partial charge in [-0.2, -0.15) is 0 Å². The fourth-order valence-corrected chi connectivity index (χ4v) is 6.59. The van der Waals surface area contributed by atoms with Crippen LogP contribution in [0.15, 0.2) is 42.5 Å². The third-order valence-electron chi connectivity index (χ3n) is 8.43. The summed E-state index contributed by atoms with van der Waals surface area (Å²) in [4.78, 5) is 7.34. The van der Waals surface area contributed by atoms with Gasteiger partial charge in [-0.05, 0) is 62.5 Å². The van der Waals surface area contributed by atoms with Crippen LogP contribution in [0.4, 0.5) is 4.39 Å². The molecule has 2 aromatic heterocycles. The van der Waals surface area contributed by atoms with E-state index in [1.165, 1.54) is 6.07 Å². The van der Waals surface area contributed by atoms with Crippen LogP contribution in [0.3, 0.4) is 0 Å². The Hall–Kier alpha value is -2.98. The summed E-state index contributed by atoms with van der Waals surface area (Å²) >= 11 is 12.1. The maximum absolute atomic E-state index is 14.8. The number of nitrogens with zero attached hydrogens (tertiary/aromatic N) is 5. The maximum Gasteiger partial charge on any atom is 0.278 e. The Morgan fingerprint density at radius 3 is 2.68 bits per heavy atom. The number of piperidine rings is 1. The van der Waals surface area contributed by atoms with Crippen molar-refractivity contribution in [3.05, 3.63) is 75.4 Å². The number of imidazole rings is 1. The zero-order valence-corrected chi connectivity index (χ0v) is 24.2. The number of benzene rings is 2. The largest absolute Gasteiger partial charge is 0.444 e. The number of likely N-dealkylation sites (tertiary alicyclic amines) is 1. The summed E-state index contributed by atoms with van der Waals surface area (Å²) < 4.78 is 35.2. The van der Waals surface area contributed by atoms with Gasteiger partial charge in [0.25, 0.3) is 5.79 Å². The van der Waals surface area contributed by atoms with Gasteiger partial charge in [-0.1, -0.05) is 35.3 Å². The predicted molar refractivity (Wildman–Crippen MR) is 153 cm³/mol. The smallest absolute Gasteiger partial charge is 0.278 e. The molecule has 2 atom stereocenters. The second-order valence-electron chi connectivity index (χ2n) is 11.2. The maximum atomic E-state index is 14.8. The van der Waals surface area contributed by atoms with E-state index in [1.807, 2.05) is 12.1 Å². The van der Waals surface area contributed by atoms with E-state index in [9.17, 15) is 4.39 Å². The number of ether oxygens (including phenoxy) is 3. The summed E-state index contributed by atoms with van der Waals surface area (Å²) in [6.07, 6.45) is 2.94. The highest BCUT2D eigenvalue weighted by atomic mass is 35.5. The van der Waals surface area contributed by atoms with Crippen LogP contribution in [0.25, 0.3) is 11.2 Å². The monoisotopic (exact) mass is 597 g/mol. The Kier molecular flexibility index (Phi) is 7.01. The molecule has 2 unspecified atom stereocenters. The summed E-state index contributed by atoms with van der Waals surface area (Å²) in [5, 5.41) is 9.12. The van der Waals surface area contributed by atoms with Gasteiger partial charge in [0, 0.05) is 42.6 Å². The van der Waals surface area contributed by atoms with Crippen LogP contribution in [0.5, 0.6) is 11.5 Å². The molecule has 0 radical (unpaired) electrons. The van der Waals surface area contributed by atoms with Gasteiger partial charge >= 0.3 is 0 Å². The molecule has 0 aliphatic carbocycles. The molecule has 41 heavy (non-hydrogen) atoms. The van der Waals surface area contributed by atoms with Crippen molar-refractivity contribution in [2.45, 2.75) is 51.0 Å². The average Bonchev–Trinajstić information content (AvgIpc) is 3.67. The van der Waals surface area contributed by atoms with Crippen LogP contribution in [0, 0.1) is 11.7 Å². The summed E-state index contributed by atoms with van der Waals surface area (Å²) in [6.45, 7) is 6.62. The van der Waals surface area contributed by atoms with Crippen molar-refractivity contribution in [3.63, 3.8) is 0 Å². The minimum atomic E-state index is -1.26. The highest BCUT2D eigenvalue weighted by Gasteiger charge is 2.43. The first kappa shape index (κ1) is 26.9. The summed E-state index contributed by atoms with van der Waals surface area (Å²) in [6, 6.07) is 12.3. The van der Waals surface area contributed by atoms with Crippen molar-refractivity contribution in [1.82, 2.24) is 24.6 Å². The van der Waals surface area contributed by atoms with E-state index in [1.54, 1.807) is 25.1 Å². The van der Waals surface area contributed by atoms with Gasteiger partial charge in [0.2, 0.25) is 0 Å². The number of para-hydroxylation sites is 1. The van der Waals surface area contributed by atoms with Gasteiger partial charge in [0.1, 0.15) is 17.2 Å². The fourth-order valence-electron chi connectivity index (χ4n) is 6.29. The Bertz CT molecular complexity index is 1600. The first-order valence-electron chi connectivity index (χ1n) is 14.0. The molecule has 11 heteroatoms. The molecular weight excluding hydrogens is 568 g/mol. The standard InChI is InChI=1S/C30H30Cl2FN5O3/c1-30(22-6-5-20(31)13-23(22)33)40-25-4-2-3-21(28(25)41-30)19-7-10-37(11-8-19)16-27-34-24-14-26(32)35-36-29(24)38(27)15-18-9-12-39-17-18/h2-6,13-14,18-19H,7-12,15-17H2,1H3. The number of hydrogen-bond donors (Lipinski definition) is 0. The Labute approximate surface area is 247 Å². The van der Waals surface area contributed by atoms with Gasteiger partial charge < -0.3 is 18.8 Å². The molecule has 2 fully saturated rings. The van der Waals surface area contributed by atoms with Gasteiger partial charge in [0.15, 0.2) is 22.3 Å². The second-order valence-corrected chi connectivity index (χ2v) is 12.1. The van der Waals surface area contributed by atoms with E-state index in [0.717, 1.165) is 74.7 Å². The van der Waals surface area contributed by atoms with Crippen LogP contribution >= 0.6 is 23.2 Å². The van der Waals surface area contributed by atoms with Gasteiger partial charge in [-0.25, -0.2) is 9.37 Å². The number of rotatable bonds is 6. The van der Waals surface area contributed by atoms with Crippen molar-refractivity contribution in [2.75, 3.05) is 26.3 Å². The lowest BCUT2D eigenvalue weighted by Crippen LogP contribution is -2.34. The molecule has 2 aromatic carbocycles. The van der Waals surface area contributed by atoms with Crippen molar-refractivity contribution in [2.24, 2.45) is 5.92 Å². The predicted octanol–water partition coefficient (Wildman–Crippen LogP) is 6.33. The van der Waals surface area contributed by atoms with Crippen molar-refractivity contribution >= 4 is 34.4 Å². The number of fused-ring (bicyclic) bond motifs is 2. The van der Waals surface area contributed by atoms with E-state index >= 15 is 0 Å². The lowest BCUT2D eigenvalue weighted by Gasteiger charge is -2.32. The average molecular weight is 599 g/mol. The highest BCUT2D eigenvalue weighted by Crippen LogP contribution is 2.49. The quantitative estimate of drug-likeness (QED) is 0.257. The summed E-state index contributed by atoms with van der Waals surface area (Å²) in [5.41, 5.74) is 2.95. The van der Waals surface area contributed by atoms with E-state index in [4.69, 9.17) is 42.4 Å². The summed E-state index contributed by atoms with van der Waals surface area (Å²) in [5.74, 6) is 1.31. The molecule has 5 heterocycles. The molecule has 8 nitrogen and oxygen atoms in total. The van der Waals surface area contributed by atoms with Gasteiger partial charge in [-0.15, -0.1) is 10.2 Å². The fraction of sp³-hybridized carbons (Fsp3) is 0.433. The molecule has 0 saturated carbocycles. The lowest BCUT2D eigenvalue weighted by molar-refractivity contribution is -0.0712. The molecular formula is C30H30Cl2FN5O3. The zero-order valence-electron chi connectivity index (χ0n) is 22.7. The van der Waals surface area contributed by atoms with Crippen LogP contribution in [0.2, 0.25) is 10.2 Å². The van der Waals surface area contributed by atoms with Crippen molar-refractivity contribution in [1.29, 1.82) is 0 Å². The molecule has 0 spiro atoms. The molecule has 0 bridgehead atoms.